The monoisotopic (exact) mass is 294 g/mol. The highest BCUT2D eigenvalue weighted by Gasteiger charge is 2.22. The van der Waals surface area contributed by atoms with Gasteiger partial charge in [0.15, 0.2) is 0 Å². The number of carbonyl (C=O) groups is 1. The molecular weight excluding hydrogens is 272 g/mol. The maximum atomic E-state index is 11.1. The van der Waals surface area contributed by atoms with Crippen molar-refractivity contribution >= 4 is 17.8 Å². The van der Waals surface area contributed by atoms with Gasteiger partial charge >= 0.3 is 6.01 Å². The summed E-state index contributed by atoms with van der Waals surface area (Å²) in [4.78, 5) is 26.0. The van der Waals surface area contributed by atoms with E-state index in [0.717, 1.165) is 32.5 Å². The zero-order valence-corrected chi connectivity index (χ0v) is 12.7. The minimum absolute atomic E-state index is 0.0183. The van der Waals surface area contributed by atoms with Crippen LogP contribution in [0.3, 0.4) is 0 Å². The normalized spacial score (nSPS) is 15.7. The second kappa shape index (κ2) is 7.05. The average molecular weight is 294 g/mol. The van der Waals surface area contributed by atoms with E-state index in [1.807, 2.05) is 6.92 Å². The summed E-state index contributed by atoms with van der Waals surface area (Å²) >= 11 is 0. The van der Waals surface area contributed by atoms with Gasteiger partial charge in [-0.1, -0.05) is 0 Å². The van der Waals surface area contributed by atoms with Crippen LogP contribution in [0.15, 0.2) is 0 Å². The molecule has 116 valence electrons. The van der Waals surface area contributed by atoms with Crippen molar-refractivity contribution in [2.75, 3.05) is 37.0 Å². The summed E-state index contributed by atoms with van der Waals surface area (Å²) in [6, 6.07) is 0.538. The zero-order chi connectivity index (χ0) is 15.2. The Morgan fingerprint density at radius 1 is 1.33 bits per heavy atom. The summed E-state index contributed by atoms with van der Waals surface area (Å²) < 4.78 is 5.12. The largest absolute Gasteiger partial charge is 0.467 e. The number of hydrogen-bond donors (Lipinski definition) is 2. The van der Waals surface area contributed by atoms with E-state index in [-0.39, 0.29) is 11.9 Å². The van der Waals surface area contributed by atoms with Crippen LogP contribution in [0.25, 0.3) is 0 Å². The number of nitrogens with zero attached hydrogens (tertiary/aromatic N) is 4. The SMILES string of the molecule is CCNc1nc(OC)nc(N2CCC(NC(C)=O)CC2)n1. The molecule has 1 saturated heterocycles. The molecule has 0 spiro atoms. The molecule has 1 aliphatic rings. The summed E-state index contributed by atoms with van der Waals surface area (Å²) in [5, 5.41) is 6.02. The van der Waals surface area contributed by atoms with E-state index in [2.05, 4.69) is 30.5 Å². The Kier molecular flexibility index (Phi) is 5.13. The molecule has 0 aliphatic carbocycles. The molecule has 0 atom stereocenters. The van der Waals surface area contributed by atoms with Crippen molar-refractivity contribution in [1.29, 1.82) is 0 Å². The van der Waals surface area contributed by atoms with E-state index in [1.165, 1.54) is 7.11 Å². The fraction of sp³-hybridized carbons (Fsp3) is 0.692. The number of amides is 1. The predicted octanol–water partition coefficient (Wildman–Crippen LogP) is 0.417. The molecule has 0 saturated carbocycles. The van der Waals surface area contributed by atoms with E-state index in [1.54, 1.807) is 6.92 Å². The smallest absolute Gasteiger partial charge is 0.322 e. The lowest BCUT2D eigenvalue weighted by Crippen LogP contribution is -2.44. The Labute approximate surface area is 124 Å². The highest BCUT2D eigenvalue weighted by Crippen LogP contribution is 2.19. The third kappa shape index (κ3) is 4.17. The third-order valence-electron chi connectivity index (χ3n) is 3.31. The zero-order valence-electron chi connectivity index (χ0n) is 12.7. The van der Waals surface area contributed by atoms with Crippen molar-refractivity contribution in [1.82, 2.24) is 20.3 Å². The molecule has 0 radical (unpaired) electrons. The van der Waals surface area contributed by atoms with E-state index < -0.39 is 0 Å². The fourth-order valence-electron chi connectivity index (χ4n) is 2.33. The first-order valence-electron chi connectivity index (χ1n) is 7.18. The van der Waals surface area contributed by atoms with Gasteiger partial charge in [-0.05, 0) is 19.8 Å². The fourth-order valence-corrected chi connectivity index (χ4v) is 2.33. The molecule has 0 bridgehead atoms. The molecule has 1 fully saturated rings. The predicted molar refractivity (Wildman–Crippen MR) is 79.6 cm³/mol. The van der Waals surface area contributed by atoms with Crippen LogP contribution in [-0.2, 0) is 4.79 Å². The number of hydrogen-bond acceptors (Lipinski definition) is 7. The molecule has 8 nitrogen and oxygen atoms in total. The Morgan fingerprint density at radius 2 is 2.05 bits per heavy atom. The highest BCUT2D eigenvalue weighted by atomic mass is 16.5. The summed E-state index contributed by atoms with van der Waals surface area (Å²) in [5.74, 6) is 1.15. The number of aromatic nitrogens is 3. The molecule has 8 heteroatoms. The van der Waals surface area contributed by atoms with Crippen molar-refractivity contribution in [2.45, 2.75) is 32.7 Å². The number of piperidine rings is 1. The highest BCUT2D eigenvalue weighted by molar-refractivity contribution is 5.73. The molecule has 0 aromatic carbocycles. The lowest BCUT2D eigenvalue weighted by molar-refractivity contribution is -0.119. The molecule has 1 amide bonds. The number of ether oxygens (including phenoxy) is 1. The number of nitrogens with one attached hydrogen (secondary N) is 2. The van der Waals surface area contributed by atoms with Gasteiger partial charge in [-0.15, -0.1) is 0 Å². The van der Waals surface area contributed by atoms with Gasteiger partial charge in [-0.25, -0.2) is 0 Å². The van der Waals surface area contributed by atoms with Crippen LogP contribution in [0.1, 0.15) is 26.7 Å². The number of anilines is 2. The number of carbonyl (C=O) groups excluding carboxylic acids is 1. The maximum absolute atomic E-state index is 11.1. The van der Waals surface area contributed by atoms with Gasteiger partial charge in [-0.2, -0.15) is 15.0 Å². The molecular formula is C13H22N6O2. The van der Waals surface area contributed by atoms with Crippen LogP contribution < -0.4 is 20.3 Å². The van der Waals surface area contributed by atoms with E-state index in [9.17, 15) is 4.79 Å². The minimum Gasteiger partial charge on any atom is -0.467 e. The van der Waals surface area contributed by atoms with Crippen molar-refractivity contribution in [3.8, 4) is 6.01 Å². The van der Waals surface area contributed by atoms with Crippen molar-refractivity contribution < 1.29 is 9.53 Å². The minimum atomic E-state index is 0.0183. The van der Waals surface area contributed by atoms with Gasteiger partial charge in [0.25, 0.3) is 0 Å². The number of methoxy groups -OCH3 is 1. The molecule has 1 aromatic heterocycles. The standard InChI is InChI=1S/C13H22N6O2/c1-4-14-11-16-12(18-13(17-11)21-3)19-7-5-10(6-8-19)15-9(2)20/h10H,4-8H2,1-3H3,(H,15,20)(H,14,16,17,18). The van der Waals surface area contributed by atoms with Gasteiger partial charge in [0.2, 0.25) is 17.8 Å². The lowest BCUT2D eigenvalue weighted by Gasteiger charge is -2.32. The summed E-state index contributed by atoms with van der Waals surface area (Å²) in [6.07, 6.45) is 1.76. The molecule has 0 unspecified atom stereocenters. The first kappa shape index (κ1) is 15.3. The van der Waals surface area contributed by atoms with Crippen LogP contribution >= 0.6 is 0 Å². The third-order valence-corrected chi connectivity index (χ3v) is 3.31. The van der Waals surface area contributed by atoms with Crippen LogP contribution in [0, 0.1) is 0 Å². The summed E-state index contributed by atoms with van der Waals surface area (Å²) in [7, 11) is 1.54. The Bertz CT molecular complexity index is 488. The Morgan fingerprint density at radius 3 is 2.62 bits per heavy atom. The van der Waals surface area contributed by atoms with Crippen LogP contribution in [0.5, 0.6) is 6.01 Å². The van der Waals surface area contributed by atoms with Crippen LogP contribution in [-0.4, -0.2) is 53.6 Å². The summed E-state index contributed by atoms with van der Waals surface area (Å²) in [6.45, 7) is 5.85. The molecule has 1 aliphatic heterocycles. The number of rotatable bonds is 5. The summed E-state index contributed by atoms with van der Waals surface area (Å²) in [5.41, 5.74) is 0. The Hall–Kier alpha value is -2.12. The van der Waals surface area contributed by atoms with Crippen LogP contribution in [0.2, 0.25) is 0 Å². The first-order chi connectivity index (χ1) is 10.1. The van der Waals surface area contributed by atoms with Crippen molar-refractivity contribution in [2.24, 2.45) is 0 Å². The van der Waals surface area contributed by atoms with E-state index in [0.29, 0.717) is 17.9 Å². The van der Waals surface area contributed by atoms with Gasteiger partial charge < -0.3 is 20.3 Å². The van der Waals surface area contributed by atoms with Gasteiger partial charge in [0, 0.05) is 32.6 Å². The van der Waals surface area contributed by atoms with Crippen molar-refractivity contribution in [3.63, 3.8) is 0 Å². The second-order valence-corrected chi connectivity index (χ2v) is 4.94. The molecule has 2 N–H and O–H groups in total. The van der Waals surface area contributed by atoms with Crippen molar-refractivity contribution in [3.05, 3.63) is 0 Å². The molecule has 2 heterocycles. The maximum Gasteiger partial charge on any atom is 0.322 e. The van der Waals surface area contributed by atoms with Gasteiger partial charge in [0.05, 0.1) is 7.11 Å². The van der Waals surface area contributed by atoms with E-state index >= 15 is 0 Å². The lowest BCUT2D eigenvalue weighted by atomic mass is 10.1. The average Bonchev–Trinajstić information content (AvgIpc) is 2.47. The van der Waals surface area contributed by atoms with Crippen LogP contribution in [0.4, 0.5) is 11.9 Å². The molecule has 2 rings (SSSR count). The first-order valence-corrected chi connectivity index (χ1v) is 7.18. The topological polar surface area (TPSA) is 92.3 Å². The van der Waals surface area contributed by atoms with Gasteiger partial charge in [0.1, 0.15) is 0 Å². The quantitative estimate of drug-likeness (QED) is 0.813. The Balaban J connectivity index is 2.05. The molecule has 21 heavy (non-hydrogen) atoms. The van der Waals surface area contributed by atoms with Gasteiger partial charge in [-0.3, -0.25) is 4.79 Å². The second-order valence-electron chi connectivity index (χ2n) is 4.94. The van der Waals surface area contributed by atoms with E-state index in [4.69, 9.17) is 4.74 Å². The molecule has 1 aromatic rings.